The Morgan fingerprint density at radius 1 is 1.32 bits per heavy atom. The Balaban J connectivity index is 2.62. The van der Waals surface area contributed by atoms with Crippen molar-refractivity contribution < 1.29 is 23.5 Å². The quantitative estimate of drug-likeness (QED) is 0.671. The van der Waals surface area contributed by atoms with Gasteiger partial charge in [-0.1, -0.05) is 26.0 Å². The smallest absolute Gasteiger partial charge is 0.377 e. The number of benzene rings is 1. The van der Waals surface area contributed by atoms with Crippen molar-refractivity contribution >= 4 is 17.3 Å². The lowest BCUT2D eigenvalue weighted by Crippen LogP contribution is -2.20. The maximum atomic E-state index is 14.3. The van der Waals surface area contributed by atoms with E-state index in [-0.39, 0.29) is 22.1 Å². The Labute approximate surface area is 127 Å². The summed E-state index contributed by atoms with van der Waals surface area (Å²) in [5.41, 5.74) is 0.152. The fourth-order valence-electron chi connectivity index (χ4n) is 2.72. The first-order valence-electron chi connectivity index (χ1n) is 7.11. The van der Waals surface area contributed by atoms with Crippen LogP contribution in [0, 0.1) is 11.2 Å². The zero-order valence-electron chi connectivity index (χ0n) is 12.6. The molecular weight excluding hydrogens is 290 g/mol. The highest BCUT2D eigenvalue weighted by Gasteiger charge is 2.29. The molecule has 0 unspecified atom stereocenters. The Morgan fingerprint density at radius 3 is 2.50 bits per heavy atom. The van der Waals surface area contributed by atoms with E-state index in [9.17, 15) is 18.4 Å². The number of carbonyl (C=O) groups excluding carboxylic acids is 1. The molecule has 0 radical (unpaired) electrons. The number of hydrogen-bond acceptors (Lipinski definition) is 2. The van der Waals surface area contributed by atoms with Crippen molar-refractivity contribution in [3.05, 3.63) is 40.7 Å². The fraction of sp³-hybridized carbons (Fsp3) is 0.412. The summed E-state index contributed by atoms with van der Waals surface area (Å²) in [5.74, 6) is -3.67. The predicted molar refractivity (Wildman–Crippen MR) is 78.8 cm³/mol. The van der Waals surface area contributed by atoms with Gasteiger partial charge in [0.25, 0.3) is 5.78 Å². The highest BCUT2D eigenvalue weighted by atomic mass is 19.1. The Hall–Kier alpha value is -2.04. The minimum atomic E-state index is -1.71. The van der Waals surface area contributed by atoms with E-state index in [0.717, 1.165) is 18.6 Å². The maximum absolute atomic E-state index is 14.3. The zero-order chi connectivity index (χ0) is 16.5. The molecule has 0 bridgehead atoms. The van der Waals surface area contributed by atoms with Crippen molar-refractivity contribution in [2.45, 2.75) is 39.8 Å². The van der Waals surface area contributed by atoms with Crippen LogP contribution in [0.15, 0.2) is 18.2 Å². The van der Waals surface area contributed by atoms with Gasteiger partial charge in [0, 0.05) is 11.1 Å². The summed E-state index contributed by atoms with van der Waals surface area (Å²) in [4.78, 5) is 22.9. The summed E-state index contributed by atoms with van der Waals surface area (Å²) >= 11 is 0. The van der Waals surface area contributed by atoms with E-state index in [2.05, 4.69) is 13.8 Å². The van der Waals surface area contributed by atoms with E-state index < -0.39 is 24.2 Å². The Kier molecular flexibility index (Phi) is 4.44. The molecule has 2 rings (SSSR count). The molecule has 0 atom stereocenters. The number of allylic oxidation sites excluding steroid dienone is 2. The van der Waals surface area contributed by atoms with Gasteiger partial charge in [0.15, 0.2) is 0 Å². The lowest BCUT2D eigenvalue weighted by molar-refractivity contribution is -0.131. The minimum absolute atomic E-state index is 0.0574. The predicted octanol–water partition coefficient (Wildman–Crippen LogP) is 4.16. The van der Waals surface area contributed by atoms with Gasteiger partial charge in [0.1, 0.15) is 12.5 Å². The fourth-order valence-corrected chi connectivity index (χ4v) is 2.72. The van der Waals surface area contributed by atoms with Crippen LogP contribution < -0.4 is 0 Å². The van der Waals surface area contributed by atoms with Gasteiger partial charge in [0.05, 0.1) is 0 Å². The number of ketones is 1. The van der Waals surface area contributed by atoms with Crippen molar-refractivity contribution in [3.63, 3.8) is 0 Å². The van der Waals surface area contributed by atoms with Crippen LogP contribution >= 0.6 is 0 Å². The lowest BCUT2D eigenvalue weighted by Gasteiger charge is -2.29. The van der Waals surface area contributed by atoms with Crippen LogP contribution in [0.25, 0.3) is 5.57 Å². The highest BCUT2D eigenvalue weighted by Crippen LogP contribution is 2.40. The molecule has 0 fully saturated rings. The normalized spacial score (nSPS) is 17.0. The van der Waals surface area contributed by atoms with E-state index in [1.807, 2.05) is 6.08 Å². The molecular formula is C17H18F2O3. The van der Waals surface area contributed by atoms with E-state index in [0.29, 0.717) is 18.4 Å². The summed E-state index contributed by atoms with van der Waals surface area (Å²) in [6.07, 6.45) is 3.84. The number of carboxylic acid groups (broad SMARTS) is 1. The highest BCUT2D eigenvalue weighted by molar-refractivity contribution is 6.41. The van der Waals surface area contributed by atoms with E-state index in [1.54, 1.807) is 0 Å². The second-order valence-corrected chi connectivity index (χ2v) is 6.32. The van der Waals surface area contributed by atoms with E-state index >= 15 is 0 Å². The third kappa shape index (κ3) is 3.08. The first kappa shape index (κ1) is 16.3. The molecule has 118 valence electrons. The summed E-state index contributed by atoms with van der Waals surface area (Å²) < 4.78 is 27.4. The number of alkyl halides is 1. The van der Waals surface area contributed by atoms with Crippen LogP contribution in [0.5, 0.6) is 0 Å². The van der Waals surface area contributed by atoms with Crippen LogP contribution in [0.4, 0.5) is 8.78 Å². The van der Waals surface area contributed by atoms with Gasteiger partial charge in [-0.15, -0.1) is 0 Å². The molecule has 1 aromatic rings. The van der Waals surface area contributed by atoms with Crippen molar-refractivity contribution in [2.24, 2.45) is 5.41 Å². The third-order valence-electron chi connectivity index (χ3n) is 4.10. The molecule has 0 spiro atoms. The summed E-state index contributed by atoms with van der Waals surface area (Å²) in [6.45, 7) is 3.15. The SMILES string of the molecule is CC1(C)CC=C(c2c(F)ccc(CF)c2C(=O)C(=O)O)CC1. The largest absolute Gasteiger partial charge is 0.475 e. The van der Waals surface area contributed by atoms with Gasteiger partial charge in [-0.2, -0.15) is 0 Å². The molecule has 1 aliphatic carbocycles. The summed E-state index contributed by atoms with van der Waals surface area (Å²) in [5, 5.41) is 8.94. The third-order valence-corrected chi connectivity index (χ3v) is 4.10. The molecule has 0 aromatic heterocycles. The molecule has 1 aliphatic rings. The first-order chi connectivity index (χ1) is 10.3. The van der Waals surface area contributed by atoms with Crippen LogP contribution in [-0.2, 0) is 11.5 Å². The number of aliphatic carboxylic acids is 1. The molecule has 3 nitrogen and oxygen atoms in total. The summed E-state index contributed by atoms with van der Waals surface area (Å²) in [6, 6.07) is 2.21. The minimum Gasteiger partial charge on any atom is -0.475 e. The van der Waals surface area contributed by atoms with Crippen LogP contribution in [-0.4, -0.2) is 16.9 Å². The number of halogens is 2. The molecule has 5 heteroatoms. The van der Waals surface area contributed by atoms with Crippen LogP contribution in [0.1, 0.15) is 54.6 Å². The molecule has 0 amide bonds. The maximum Gasteiger partial charge on any atom is 0.377 e. The van der Waals surface area contributed by atoms with Crippen molar-refractivity contribution in [1.29, 1.82) is 0 Å². The van der Waals surface area contributed by atoms with Gasteiger partial charge in [-0.25, -0.2) is 13.6 Å². The van der Waals surface area contributed by atoms with E-state index in [4.69, 9.17) is 5.11 Å². The summed E-state index contributed by atoms with van der Waals surface area (Å²) in [7, 11) is 0. The molecule has 1 N–H and O–H groups in total. The monoisotopic (exact) mass is 308 g/mol. The van der Waals surface area contributed by atoms with E-state index in [1.165, 1.54) is 0 Å². The number of Topliss-reactive ketones (excluding diaryl/α,β-unsaturated/α-hetero) is 1. The number of carbonyl (C=O) groups is 2. The van der Waals surface area contributed by atoms with Crippen LogP contribution in [0.3, 0.4) is 0 Å². The number of hydrogen-bond donors (Lipinski definition) is 1. The average Bonchev–Trinajstić information content (AvgIpc) is 2.46. The standard InChI is InChI=1S/C17H18F2O3/c1-17(2)7-5-10(6-8-17)13-12(19)4-3-11(9-18)14(13)15(20)16(21)22/h3-5H,6-9H2,1-2H3,(H,21,22). The molecule has 0 saturated heterocycles. The topological polar surface area (TPSA) is 54.4 Å². The number of rotatable bonds is 4. The lowest BCUT2D eigenvalue weighted by atomic mass is 9.76. The van der Waals surface area contributed by atoms with Gasteiger partial charge < -0.3 is 5.11 Å². The van der Waals surface area contributed by atoms with Gasteiger partial charge in [-0.05, 0) is 41.9 Å². The average molecular weight is 308 g/mol. The van der Waals surface area contributed by atoms with Crippen molar-refractivity contribution in [1.82, 2.24) is 0 Å². The van der Waals surface area contributed by atoms with Gasteiger partial charge >= 0.3 is 5.97 Å². The molecule has 0 saturated carbocycles. The number of carboxylic acids is 1. The molecule has 0 heterocycles. The zero-order valence-corrected chi connectivity index (χ0v) is 12.6. The second kappa shape index (κ2) is 5.99. The Bertz CT molecular complexity index is 660. The van der Waals surface area contributed by atoms with Crippen molar-refractivity contribution in [3.8, 4) is 0 Å². The molecule has 22 heavy (non-hydrogen) atoms. The van der Waals surface area contributed by atoms with Gasteiger partial charge in [0.2, 0.25) is 0 Å². The Morgan fingerprint density at radius 2 is 2.00 bits per heavy atom. The second-order valence-electron chi connectivity index (χ2n) is 6.32. The van der Waals surface area contributed by atoms with Crippen LogP contribution in [0.2, 0.25) is 0 Å². The first-order valence-corrected chi connectivity index (χ1v) is 7.11. The molecule has 0 aliphatic heterocycles. The van der Waals surface area contributed by atoms with Gasteiger partial charge in [-0.3, -0.25) is 4.79 Å². The molecule has 1 aromatic carbocycles. The van der Waals surface area contributed by atoms with Crippen molar-refractivity contribution in [2.75, 3.05) is 0 Å².